The zero-order chi connectivity index (χ0) is 29.9. The van der Waals surface area contributed by atoms with Gasteiger partial charge in [-0.2, -0.15) is 0 Å². The van der Waals surface area contributed by atoms with Gasteiger partial charge in [-0.1, -0.05) is 115 Å². The summed E-state index contributed by atoms with van der Waals surface area (Å²) in [6, 6.07) is 55.3. The molecule has 1 aliphatic rings. The van der Waals surface area contributed by atoms with Crippen LogP contribution in [-0.4, -0.2) is 4.57 Å². The van der Waals surface area contributed by atoms with Crippen LogP contribution in [0.1, 0.15) is 0 Å². The fourth-order valence-corrected chi connectivity index (χ4v) is 8.13. The molecule has 2 heterocycles. The molecule has 8 aromatic carbocycles. The van der Waals surface area contributed by atoms with Gasteiger partial charge in [0.25, 0.3) is 0 Å². The van der Waals surface area contributed by atoms with Crippen molar-refractivity contribution in [3.8, 4) is 39.1 Å². The zero-order valence-corrected chi connectivity index (χ0v) is 24.8. The summed E-state index contributed by atoms with van der Waals surface area (Å²) >= 11 is 0. The number of benzene rings is 8. The summed E-state index contributed by atoms with van der Waals surface area (Å²) in [5.74, 6) is 0. The van der Waals surface area contributed by atoms with Gasteiger partial charge in [0, 0.05) is 27.2 Å². The van der Waals surface area contributed by atoms with Crippen LogP contribution in [0, 0.1) is 0 Å². The van der Waals surface area contributed by atoms with Gasteiger partial charge in [-0.05, 0) is 91.3 Å². The van der Waals surface area contributed by atoms with Gasteiger partial charge in [-0.3, -0.25) is 0 Å². The minimum Gasteiger partial charge on any atom is -0.456 e. The van der Waals surface area contributed by atoms with Crippen LogP contribution < -0.4 is 0 Å². The standard InChI is InChI=1S/C44H25NO/c1-2-9-30-26(8-1)18-23-39-44(30)38-25-42-37(33-12-5-6-15-41(33)46-42)24-40(38)45(39)28-19-16-27(17-20-28)29-21-22-36-32-11-4-3-10-31(32)35-14-7-13-34(29)43(35)36/h1-25H. The average molecular weight is 584 g/mol. The fraction of sp³-hybridized carbons (Fsp3) is 0. The van der Waals surface area contributed by atoms with E-state index in [1.165, 1.54) is 76.7 Å². The molecule has 0 radical (unpaired) electrons. The monoisotopic (exact) mass is 583 g/mol. The Bertz CT molecular complexity index is 2870. The molecule has 0 spiro atoms. The van der Waals surface area contributed by atoms with Crippen LogP contribution >= 0.6 is 0 Å². The maximum Gasteiger partial charge on any atom is 0.136 e. The molecule has 10 aromatic rings. The fourth-order valence-electron chi connectivity index (χ4n) is 8.13. The first-order chi connectivity index (χ1) is 22.8. The number of para-hydroxylation sites is 1. The topological polar surface area (TPSA) is 18.1 Å². The summed E-state index contributed by atoms with van der Waals surface area (Å²) in [6.45, 7) is 0. The lowest BCUT2D eigenvalue weighted by Gasteiger charge is -2.12. The molecule has 0 bridgehead atoms. The maximum atomic E-state index is 6.37. The van der Waals surface area contributed by atoms with Crippen molar-refractivity contribution in [3.05, 3.63) is 152 Å². The molecule has 0 unspecified atom stereocenters. The van der Waals surface area contributed by atoms with Gasteiger partial charge < -0.3 is 8.98 Å². The van der Waals surface area contributed by atoms with Crippen molar-refractivity contribution < 1.29 is 4.42 Å². The first-order valence-electron chi connectivity index (χ1n) is 15.9. The lowest BCUT2D eigenvalue weighted by molar-refractivity contribution is 0.669. The van der Waals surface area contributed by atoms with Crippen LogP contribution in [0.25, 0.3) is 104 Å². The highest BCUT2D eigenvalue weighted by Gasteiger charge is 2.23. The minimum atomic E-state index is 0.920. The highest BCUT2D eigenvalue weighted by Crippen LogP contribution is 2.49. The molecule has 0 fully saturated rings. The molecule has 0 atom stereocenters. The molecule has 2 heteroatoms. The Morgan fingerprint density at radius 2 is 1.07 bits per heavy atom. The predicted molar refractivity (Wildman–Crippen MR) is 193 cm³/mol. The second-order valence-corrected chi connectivity index (χ2v) is 12.5. The van der Waals surface area contributed by atoms with E-state index in [1.54, 1.807) is 0 Å². The second kappa shape index (κ2) is 8.74. The van der Waals surface area contributed by atoms with Gasteiger partial charge in [0.2, 0.25) is 0 Å². The molecule has 0 saturated heterocycles. The molecular weight excluding hydrogens is 558 g/mol. The van der Waals surface area contributed by atoms with E-state index in [9.17, 15) is 0 Å². The number of nitrogens with zero attached hydrogens (tertiary/aromatic N) is 1. The maximum absolute atomic E-state index is 6.37. The molecule has 0 N–H and O–H groups in total. The van der Waals surface area contributed by atoms with Gasteiger partial charge in [-0.25, -0.2) is 0 Å². The molecule has 0 saturated carbocycles. The van der Waals surface area contributed by atoms with Crippen LogP contribution in [0.3, 0.4) is 0 Å². The van der Waals surface area contributed by atoms with E-state index in [1.807, 2.05) is 6.07 Å². The van der Waals surface area contributed by atoms with Crippen molar-refractivity contribution in [3.63, 3.8) is 0 Å². The third-order valence-corrected chi connectivity index (χ3v) is 10.1. The third-order valence-electron chi connectivity index (χ3n) is 10.1. The molecule has 2 nitrogen and oxygen atoms in total. The highest BCUT2D eigenvalue weighted by molar-refractivity contribution is 6.24. The predicted octanol–water partition coefficient (Wildman–Crippen LogP) is 12.3. The van der Waals surface area contributed by atoms with Crippen LogP contribution in [-0.2, 0) is 0 Å². The first kappa shape index (κ1) is 24.2. The number of fused-ring (bicyclic) bond motifs is 11. The van der Waals surface area contributed by atoms with Gasteiger partial charge in [0.15, 0.2) is 0 Å². The van der Waals surface area contributed by atoms with E-state index < -0.39 is 0 Å². The van der Waals surface area contributed by atoms with E-state index in [4.69, 9.17) is 4.42 Å². The summed E-state index contributed by atoms with van der Waals surface area (Å²) in [5, 5.41) is 9.90. The number of hydrogen-bond acceptors (Lipinski definition) is 1. The molecule has 11 rings (SSSR count). The Morgan fingerprint density at radius 1 is 0.370 bits per heavy atom. The SMILES string of the molecule is c1ccc2c(c1)-c1cccc3c(-c4ccc(-n5c6cc7c(cc6c6c8ccccc8ccc65)oc5ccccc57)cc4)ccc-2c13. The number of rotatable bonds is 2. The summed E-state index contributed by atoms with van der Waals surface area (Å²) < 4.78 is 8.79. The van der Waals surface area contributed by atoms with E-state index in [-0.39, 0.29) is 0 Å². The Morgan fingerprint density at radius 3 is 1.93 bits per heavy atom. The molecular formula is C44H25NO. The van der Waals surface area contributed by atoms with Gasteiger partial charge in [-0.15, -0.1) is 0 Å². The van der Waals surface area contributed by atoms with E-state index in [0.717, 1.165) is 27.6 Å². The lowest BCUT2D eigenvalue weighted by Crippen LogP contribution is -1.94. The third kappa shape index (κ3) is 3.10. The van der Waals surface area contributed by atoms with Crippen LogP contribution in [0.5, 0.6) is 0 Å². The molecule has 2 aromatic heterocycles. The molecule has 212 valence electrons. The zero-order valence-electron chi connectivity index (χ0n) is 24.8. The molecule has 46 heavy (non-hydrogen) atoms. The Kier molecular flexibility index (Phi) is 4.61. The highest BCUT2D eigenvalue weighted by atomic mass is 16.3. The van der Waals surface area contributed by atoms with Crippen molar-refractivity contribution in [2.45, 2.75) is 0 Å². The normalized spacial score (nSPS) is 12.3. The van der Waals surface area contributed by atoms with Gasteiger partial charge in [0.1, 0.15) is 11.2 Å². The molecule has 1 aliphatic carbocycles. The quantitative estimate of drug-likeness (QED) is 0.198. The van der Waals surface area contributed by atoms with E-state index in [2.05, 4.69) is 150 Å². The smallest absolute Gasteiger partial charge is 0.136 e. The van der Waals surface area contributed by atoms with Crippen molar-refractivity contribution in [2.75, 3.05) is 0 Å². The van der Waals surface area contributed by atoms with Crippen LogP contribution in [0.4, 0.5) is 0 Å². The van der Waals surface area contributed by atoms with Gasteiger partial charge in [0.05, 0.1) is 11.0 Å². The van der Waals surface area contributed by atoms with Crippen LogP contribution in [0.2, 0.25) is 0 Å². The van der Waals surface area contributed by atoms with Crippen molar-refractivity contribution in [1.82, 2.24) is 4.57 Å². The Balaban J connectivity index is 1.15. The number of hydrogen-bond donors (Lipinski definition) is 0. The largest absolute Gasteiger partial charge is 0.456 e. The minimum absolute atomic E-state index is 0.920. The molecule has 0 aliphatic heterocycles. The van der Waals surface area contributed by atoms with E-state index in [0.29, 0.717) is 0 Å². The number of aromatic nitrogens is 1. The number of furan rings is 1. The van der Waals surface area contributed by atoms with E-state index >= 15 is 0 Å². The summed E-state index contributed by atoms with van der Waals surface area (Å²) in [4.78, 5) is 0. The Hall–Kier alpha value is -6.12. The van der Waals surface area contributed by atoms with Gasteiger partial charge >= 0.3 is 0 Å². The lowest BCUT2D eigenvalue weighted by atomic mass is 9.94. The average Bonchev–Trinajstić information content (AvgIpc) is 3.76. The molecule has 0 amide bonds. The van der Waals surface area contributed by atoms with Crippen LogP contribution in [0.15, 0.2) is 156 Å². The summed E-state index contributed by atoms with van der Waals surface area (Å²) in [6.07, 6.45) is 0. The second-order valence-electron chi connectivity index (χ2n) is 12.5. The first-order valence-corrected chi connectivity index (χ1v) is 15.9. The summed E-state index contributed by atoms with van der Waals surface area (Å²) in [5.41, 5.74) is 13.2. The Labute approximate surface area is 264 Å². The van der Waals surface area contributed by atoms with Crippen molar-refractivity contribution in [2.24, 2.45) is 0 Å². The van der Waals surface area contributed by atoms with Crippen molar-refractivity contribution in [1.29, 1.82) is 0 Å². The van der Waals surface area contributed by atoms with Crippen molar-refractivity contribution >= 4 is 65.3 Å². The summed E-state index contributed by atoms with van der Waals surface area (Å²) in [7, 11) is 0.